The van der Waals surface area contributed by atoms with Gasteiger partial charge in [0.05, 0.1) is 5.69 Å². The minimum absolute atomic E-state index is 0.0258. The van der Waals surface area contributed by atoms with Gasteiger partial charge < -0.3 is 9.73 Å². The second-order valence-electron chi connectivity index (χ2n) is 5.26. The molecule has 0 radical (unpaired) electrons. The van der Waals surface area contributed by atoms with Crippen LogP contribution >= 0.6 is 0 Å². The maximum absolute atomic E-state index is 13.1. The van der Waals surface area contributed by atoms with Crippen LogP contribution < -0.4 is 5.32 Å². The van der Waals surface area contributed by atoms with Gasteiger partial charge in [-0.15, -0.1) is 0 Å². The summed E-state index contributed by atoms with van der Waals surface area (Å²) >= 11 is 0. The molecule has 1 aromatic heterocycles. The second kappa shape index (κ2) is 4.90. The summed E-state index contributed by atoms with van der Waals surface area (Å²) in [5.74, 6) is 0.153. The predicted octanol–water partition coefficient (Wildman–Crippen LogP) is 3.37. The van der Waals surface area contributed by atoms with Crippen LogP contribution in [0.2, 0.25) is 0 Å². The molecule has 0 saturated carbocycles. The lowest BCUT2D eigenvalue weighted by molar-refractivity contribution is 0.421. The highest BCUT2D eigenvalue weighted by atomic mass is 19.1. The highest BCUT2D eigenvalue weighted by molar-refractivity contribution is 5.52. The van der Waals surface area contributed by atoms with Crippen molar-refractivity contribution in [3.63, 3.8) is 0 Å². The topological polar surface area (TPSA) is 38.1 Å². The highest BCUT2D eigenvalue weighted by Gasteiger charge is 2.11. The van der Waals surface area contributed by atoms with Crippen molar-refractivity contribution in [3.05, 3.63) is 42.0 Å². The first-order valence-electron chi connectivity index (χ1n) is 5.89. The maximum Gasteiger partial charge on any atom is 0.226 e. The lowest BCUT2D eigenvalue weighted by Crippen LogP contribution is -2.35. The van der Waals surface area contributed by atoms with E-state index >= 15 is 0 Å². The summed E-state index contributed by atoms with van der Waals surface area (Å²) in [6.45, 7) is 6.88. The van der Waals surface area contributed by atoms with E-state index in [0.29, 0.717) is 18.0 Å². The quantitative estimate of drug-likeness (QED) is 0.905. The molecule has 18 heavy (non-hydrogen) atoms. The van der Waals surface area contributed by atoms with E-state index in [-0.39, 0.29) is 11.4 Å². The third-order valence-electron chi connectivity index (χ3n) is 2.42. The van der Waals surface area contributed by atoms with Gasteiger partial charge in [0, 0.05) is 17.6 Å². The summed E-state index contributed by atoms with van der Waals surface area (Å²) in [6, 6.07) is 6.22. The number of hydrogen-bond acceptors (Lipinski definition) is 3. The Morgan fingerprint density at radius 2 is 2.11 bits per heavy atom. The fourth-order valence-electron chi connectivity index (χ4n) is 1.50. The SMILES string of the molecule is CC(C)(C)NCc1coc(-c2cccc(F)c2)n1. The van der Waals surface area contributed by atoms with E-state index in [9.17, 15) is 4.39 Å². The van der Waals surface area contributed by atoms with Crippen LogP contribution in [0.15, 0.2) is 34.9 Å². The van der Waals surface area contributed by atoms with Gasteiger partial charge in [-0.2, -0.15) is 0 Å². The van der Waals surface area contributed by atoms with Gasteiger partial charge in [-0.05, 0) is 39.0 Å². The fourth-order valence-corrected chi connectivity index (χ4v) is 1.50. The zero-order valence-electron chi connectivity index (χ0n) is 10.8. The van der Waals surface area contributed by atoms with Crippen LogP contribution in [0.3, 0.4) is 0 Å². The lowest BCUT2D eigenvalue weighted by atomic mass is 10.1. The third kappa shape index (κ3) is 3.40. The van der Waals surface area contributed by atoms with Crippen molar-refractivity contribution < 1.29 is 8.81 Å². The van der Waals surface area contributed by atoms with E-state index in [1.54, 1.807) is 18.4 Å². The summed E-state index contributed by atoms with van der Waals surface area (Å²) in [7, 11) is 0. The monoisotopic (exact) mass is 248 g/mol. The van der Waals surface area contributed by atoms with Crippen molar-refractivity contribution in [1.82, 2.24) is 10.3 Å². The first-order chi connectivity index (χ1) is 8.44. The molecule has 1 N–H and O–H groups in total. The molecule has 0 unspecified atom stereocenters. The Bertz CT molecular complexity index is 529. The van der Waals surface area contributed by atoms with Crippen molar-refractivity contribution in [1.29, 1.82) is 0 Å². The molecule has 0 fully saturated rings. The van der Waals surface area contributed by atoms with Crippen LogP contribution in [0.4, 0.5) is 4.39 Å². The van der Waals surface area contributed by atoms with Crippen molar-refractivity contribution in [2.75, 3.05) is 0 Å². The van der Waals surface area contributed by atoms with Gasteiger partial charge >= 0.3 is 0 Å². The summed E-state index contributed by atoms with van der Waals surface area (Å²) in [5.41, 5.74) is 1.49. The zero-order chi connectivity index (χ0) is 13.2. The number of nitrogens with one attached hydrogen (secondary N) is 1. The first-order valence-corrected chi connectivity index (χ1v) is 5.89. The van der Waals surface area contributed by atoms with E-state index in [1.807, 2.05) is 0 Å². The summed E-state index contributed by atoms with van der Waals surface area (Å²) in [4.78, 5) is 4.33. The molecule has 3 nitrogen and oxygen atoms in total. The van der Waals surface area contributed by atoms with Crippen LogP contribution in [-0.4, -0.2) is 10.5 Å². The molecule has 1 aromatic carbocycles. The summed E-state index contributed by atoms with van der Waals surface area (Å²) in [5, 5.41) is 3.32. The van der Waals surface area contributed by atoms with Gasteiger partial charge in [-0.25, -0.2) is 9.37 Å². The molecular formula is C14H17FN2O. The smallest absolute Gasteiger partial charge is 0.226 e. The molecule has 1 heterocycles. The largest absolute Gasteiger partial charge is 0.444 e. The molecular weight excluding hydrogens is 231 g/mol. The van der Waals surface area contributed by atoms with Gasteiger partial charge in [0.15, 0.2) is 0 Å². The number of nitrogens with zero attached hydrogens (tertiary/aromatic N) is 1. The molecule has 4 heteroatoms. The Labute approximate surface area is 106 Å². The minimum Gasteiger partial charge on any atom is -0.444 e. The van der Waals surface area contributed by atoms with Gasteiger partial charge in [0.2, 0.25) is 5.89 Å². The van der Waals surface area contributed by atoms with E-state index in [4.69, 9.17) is 4.42 Å². The molecule has 0 aliphatic rings. The molecule has 0 atom stereocenters. The standard InChI is InChI=1S/C14H17FN2O/c1-14(2,3)16-8-12-9-18-13(17-12)10-5-4-6-11(15)7-10/h4-7,9,16H,8H2,1-3H3. The minimum atomic E-state index is -0.292. The predicted molar refractivity (Wildman–Crippen MR) is 68.5 cm³/mol. The Hall–Kier alpha value is -1.68. The third-order valence-corrected chi connectivity index (χ3v) is 2.42. The Kier molecular flexibility index (Phi) is 3.48. The van der Waals surface area contributed by atoms with Crippen molar-refractivity contribution >= 4 is 0 Å². The number of aromatic nitrogens is 1. The molecule has 0 bridgehead atoms. The molecule has 0 spiro atoms. The van der Waals surface area contributed by atoms with E-state index < -0.39 is 0 Å². The molecule has 96 valence electrons. The molecule has 0 aliphatic carbocycles. The van der Waals surface area contributed by atoms with Crippen molar-refractivity contribution in [3.8, 4) is 11.5 Å². The number of rotatable bonds is 3. The van der Waals surface area contributed by atoms with Crippen molar-refractivity contribution in [2.24, 2.45) is 0 Å². The van der Waals surface area contributed by atoms with Crippen LogP contribution in [0.5, 0.6) is 0 Å². The fraction of sp³-hybridized carbons (Fsp3) is 0.357. The van der Waals surface area contributed by atoms with Gasteiger partial charge in [-0.1, -0.05) is 6.07 Å². The van der Waals surface area contributed by atoms with Crippen LogP contribution in [0.25, 0.3) is 11.5 Å². The number of halogens is 1. The molecule has 2 aromatic rings. The molecule has 0 saturated heterocycles. The Balaban J connectivity index is 2.11. The normalized spacial score (nSPS) is 11.8. The number of oxazole rings is 1. The average molecular weight is 248 g/mol. The summed E-state index contributed by atoms with van der Waals surface area (Å²) in [6.07, 6.45) is 1.60. The van der Waals surface area contributed by atoms with E-state index in [2.05, 4.69) is 31.1 Å². The summed E-state index contributed by atoms with van der Waals surface area (Å²) < 4.78 is 18.4. The van der Waals surface area contributed by atoms with E-state index in [0.717, 1.165) is 5.69 Å². The van der Waals surface area contributed by atoms with Crippen LogP contribution in [-0.2, 0) is 6.54 Å². The van der Waals surface area contributed by atoms with Gasteiger partial charge in [-0.3, -0.25) is 0 Å². The van der Waals surface area contributed by atoms with Gasteiger partial charge in [0.1, 0.15) is 12.1 Å². The molecule has 0 aliphatic heterocycles. The zero-order valence-corrected chi connectivity index (χ0v) is 10.8. The average Bonchev–Trinajstić information content (AvgIpc) is 2.74. The highest BCUT2D eigenvalue weighted by Crippen LogP contribution is 2.19. The van der Waals surface area contributed by atoms with Crippen LogP contribution in [0, 0.1) is 5.82 Å². The van der Waals surface area contributed by atoms with Gasteiger partial charge in [0.25, 0.3) is 0 Å². The van der Waals surface area contributed by atoms with Crippen molar-refractivity contribution in [2.45, 2.75) is 32.9 Å². The van der Waals surface area contributed by atoms with Crippen LogP contribution in [0.1, 0.15) is 26.5 Å². The molecule has 0 amide bonds. The number of benzene rings is 1. The lowest BCUT2D eigenvalue weighted by Gasteiger charge is -2.19. The van der Waals surface area contributed by atoms with E-state index in [1.165, 1.54) is 12.1 Å². The Morgan fingerprint density at radius 3 is 2.78 bits per heavy atom. The maximum atomic E-state index is 13.1. The number of hydrogen-bond donors (Lipinski definition) is 1. The molecule has 2 rings (SSSR count). The first kappa shape index (κ1) is 12.8. The Morgan fingerprint density at radius 1 is 1.33 bits per heavy atom. The second-order valence-corrected chi connectivity index (χ2v) is 5.26.